The second-order valence-corrected chi connectivity index (χ2v) is 9.83. The monoisotopic (exact) mass is 490 g/mol. The van der Waals surface area contributed by atoms with E-state index in [1.807, 2.05) is 0 Å². The van der Waals surface area contributed by atoms with Gasteiger partial charge in [0.2, 0.25) is 5.91 Å². The topological polar surface area (TPSA) is 128 Å². The first-order valence-electron chi connectivity index (χ1n) is 10.4. The van der Waals surface area contributed by atoms with Crippen LogP contribution in [0.3, 0.4) is 0 Å². The number of ether oxygens (including phenoxy) is 3. The van der Waals surface area contributed by atoms with E-state index < -0.39 is 39.4 Å². The molecule has 3 amide bonds. The summed E-state index contributed by atoms with van der Waals surface area (Å²) in [7, 11) is -0.804. The van der Waals surface area contributed by atoms with Gasteiger partial charge in [0.1, 0.15) is 16.4 Å². The summed E-state index contributed by atoms with van der Waals surface area (Å²) in [6.45, 7) is 1.87. The molecular weight excluding hydrogens is 464 g/mol. The third-order valence-electron chi connectivity index (χ3n) is 5.14. The van der Waals surface area contributed by atoms with E-state index in [2.05, 4.69) is 5.32 Å². The molecule has 1 atom stereocenters. The highest BCUT2D eigenvalue weighted by atomic mass is 32.2. The number of carbonyl (C=O) groups is 3. The van der Waals surface area contributed by atoms with Crippen molar-refractivity contribution in [1.82, 2.24) is 4.90 Å². The van der Waals surface area contributed by atoms with Crippen molar-refractivity contribution in [2.75, 3.05) is 44.8 Å². The molecule has 0 aromatic heterocycles. The average molecular weight is 491 g/mol. The van der Waals surface area contributed by atoms with Crippen molar-refractivity contribution in [3.8, 4) is 11.5 Å². The normalized spacial score (nSPS) is 14.1. The van der Waals surface area contributed by atoms with Gasteiger partial charge in [-0.2, -0.15) is 0 Å². The van der Waals surface area contributed by atoms with Gasteiger partial charge in [-0.25, -0.2) is 8.42 Å². The molecule has 1 N–H and O–H groups in total. The summed E-state index contributed by atoms with van der Waals surface area (Å²) in [6.07, 6.45) is 1.03. The van der Waals surface area contributed by atoms with E-state index in [-0.39, 0.29) is 23.4 Å². The summed E-state index contributed by atoms with van der Waals surface area (Å²) in [4.78, 5) is 39.7. The molecule has 1 aliphatic heterocycles. The molecule has 0 saturated heterocycles. The molecule has 0 bridgehead atoms. The van der Waals surface area contributed by atoms with Gasteiger partial charge in [-0.05, 0) is 36.8 Å². The Bertz CT molecular complexity index is 1230. The molecule has 1 heterocycles. The van der Waals surface area contributed by atoms with Crippen LogP contribution >= 0.6 is 0 Å². The molecule has 2 aromatic carbocycles. The number of amides is 3. The van der Waals surface area contributed by atoms with Crippen LogP contribution in [0.5, 0.6) is 11.5 Å². The SMILES string of the molecule is CCOc1cc(C(CS(C)(=O)=O)N2C(=O)c3cccc(NC(=O)COC)c3C2=O)ccc1OC. The summed E-state index contributed by atoms with van der Waals surface area (Å²) >= 11 is 0. The summed E-state index contributed by atoms with van der Waals surface area (Å²) in [5.74, 6) is -1.60. The zero-order chi connectivity index (χ0) is 25.0. The standard InChI is InChI=1S/C23H26N2O8S/c1-5-33-19-11-14(9-10-18(19)32-3)17(13-34(4,29)30)25-22(27)15-7-6-8-16(21(15)23(25)28)24-20(26)12-31-2/h6-11,17H,5,12-13H2,1-4H3,(H,24,26). The lowest BCUT2D eigenvalue weighted by Crippen LogP contribution is -2.37. The second kappa shape index (κ2) is 10.2. The van der Waals surface area contributed by atoms with Gasteiger partial charge in [-0.1, -0.05) is 12.1 Å². The van der Waals surface area contributed by atoms with Crippen LogP contribution in [0.4, 0.5) is 5.69 Å². The fourth-order valence-electron chi connectivity index (χ4n) is 3.78. The highest BCUT2D eigenvalue weighted by Gasteiger charge is 2.43. The number of nitrogens with zero attached hydrogens (tertiary/aromatic N) is 1. The number of anilines is 1. The van der Waals surface area contributed by atoms with E-state index in [1.54, 1.807) is 25.1 Å². The Morgan fingerprint density at radius 2 is 1.82 bits per heavy atom. The molecule has 0 aliphatic carbocycles. The maximum Gasteiger partial charge on any atom is 0.264 e. The van der Waals surface area contributed by atoms with Gasteiger partial charge < -0.3 is 19.5 Å². The molecule has 11 heteroatoms. The van der Waals surface area contributed by atoms with E-state index in [9.17, 15) is 22.8 Å². The number of nitrogens with one attached hydrogen (secondary N) is 1. The van der Waals surface area contributed by atoms with E-state index in [0.29, 0.717) is 23.7 Å². The number of fused-ring (bicyclic) bond motifs is 1. The van der Waals surface area contributed by atoms with E-state index in [4.69, 9.17) is 14.2 Å². The molecule has 0 fully saturated rings. The van der Waals surface area contributed by atoms with Gasteiger partial charge >= 0.3 is 0 Å². The van der Waals surface area contributed by atoms with Crippen LogP contribution in [0.15, 0.2) is 36.4 Å². The molecule has 0 spiro atoms. The number of imide groups is 1. The van der Waals surface area contributed by atoms with Crippen molar-refractivity contribution < 1.29 is 37.0 Å². The van der Waals surface area contributed by atoms with Crippen molar-refractivity contribution in [2.45, 2.75) is 13.0 Å². The number of benzene rings is 2. The lowest BCUT2D eigenvalue weighted by atomic mass is 10.1. The first kappa shape index (κ1) is 25.2. The van der Waals surface area contributed by atoms with Crippen LogP contribution in [0.25, 0.3) is 0 Å². The maximum atomic E-state index is 13.5. The van der Waals surface area contributed by atoms with Crippen LogP contribution in [0.1, 0.15) is 39.2 Å². The number of carbonyl (C=O) groups excluding carboxylic acids is 3. The first-order chi connectivity index (χ1) is 16.1. The summed E-state index contributed by atoms with van der Waals surface area (Å²) in [5, 5.41) is 2.56. The van der Waals surface area contributed by atoms with Gasteiger partial charge in [0.05, 0.1) is 42.3 Å². The minimum atomic E-state index is -3.62. The summed E-state index contributed by atoms with van der Waals surface area (Å²) < 4.78 is 40.3. The number of hydrogen-bond donors (Lipinski definition) is 1. The van der Waals surface area contributed by atoms with Crippen molar-refractivity contribution in [3.05, 3.63) is 53.1 Å². The number of rotatable bonds is 10. The van der Waals surface area contributed by atoms with E-state index in [0.717, 1.165) is 11.2 Å². The predicted molar refractivity (Wildman–Crippen MR) is 124 cm³/mol. The minimum Gasteiger partial charge on any atom is -0.493 e. The Balaban J connectivity index is 2.09. The fourth-order valence-corrected chi connectivity index (χ4v) is 4.70. The molecule has 0 saturated carbocycles. The molecule has 10 nitrogen and oxygen atoms in total. The Hall–Kier alpha value is -3.44. The maximum absolute atomic E-state index is 13.5. The predicted octanol–water partition coefficient (Wildman–Crippen LogP) is 2.06. The van der Waals surface area contributed by atoms with Crippen molar-refractivity contribution >= 4 is 33.2 Å². The quantitative estimate of drug-likeness (QED) is 0.501. The van der Waals surface area contributed by atoms with Gasteiger partial charge in [-0.3, -0.25) is 19.3 Å². The summed E-state index contributed by atoms with van der Waals surface area (Å²) in [5.41, 5.74) is 0.587. The third-order valence-corrected chi connectivity index (χ3v) is 6.06. The molecule has 2 aromatic rings. The molecular formula is C23H26N2O8S. The van der Waals surface area contributed by atoms with Crippen LogP contribution < -0.4 is 14.8 Å². The summed E-state index contributed by atoms with van der Waals surface area (Å²) in [6, 6.07) is 8.08. The molecule has 3 rings (SSSR count). The molecule has 182 valence electrons. The lowest BCUT2D eigenvalue weighted by Gasteiger charge is -2.27. The lowest BCUT2D eigenvalue weighted by molar-refractivity contribution is -0.119. The number of hydrogen-bond acceptors (Lipinski definition) is 8. The minimum absolute atomic E-state index is 0.00556. The number of sulfone groups is 1. The van der Waals surface area contributed by atoms with Gasteiger partial charge in [0.15, 0.2) is 11.5 Å². The highest BCUT2D eigenvalue weighted by molar-refractivity contribution is 7.90. The molecule has 1 aliphatic rings. The highest BCUT2D eigenvalue weighted by Crippen LogP contribution is 2.38. The fraction of sp³-hybridized carbons (Fsp3) is 0.348. The average Bonchev–Trinajstić information content (AvgIpc) is 3.03. The van der Waals surface area contributed by atoms with Crippen molar-refractivity contribution in [2.24, 2.45) is 0 Å². The van der Waals surface area contributed by atoms with Crippen LogP contribution in [-0.2, 0) is 19.4 Å². The van der Waals surface area contributed by atoms with E-state index in [1.165, 1.54) is 32.4 Å². The van der Waals surface area contributed by atoms with E-state index >= 15 is 0 Å². The van der Waals surface area contributed by atoms with Crippen LogP contribution in [0, 0.1) is 0 Å². The molecule has 1 unspecified atom stereocenters. The smallest absolute Gasteiger partial charge is 0.264 e. The zero-order valence-electron chi connectivity index (χ0n) is 19.3. The Morgan fingerprint density at radius 1 is 1.09 bits per heavy atom. The largest absolute Gasteiger partial charge is 0.493 e. The van der Waals surface area contributed by atoms with Crippen LogP contribution in [0.2, 0.25) is 0 Å². The Kier molecular flexibility index (Phi) is 7.57. The third kappa shape index (κ3) is 5.20. The first-order valence-corrected chi connectivity index (χ1v) is 12.5. The number of methoxy groups -OCH3 is 2. The molecule has 34 heavy (non-hydrogen) atoms. The van der Waals surface area contributed by atoms with Gasteiger partial charge in [-0.15, -0.1) is 0 Å². The van der Waals surface area contributed by atoms with Crippen molar-refractivity contribution in [3.63, 3.8) is 0 Å². The Labute approximate surface area is 197 Å². The Morgan fingerprint density at radius 3 is 2.44 bits per heavy atom. The molecule has 0 radical (unpaired) electrons. The van der Waals surface area contributed by atoms with Gasteiger partial charge in [0, 0.05) is 13.4 Å². The van der Waals surface area contributed by atoms with Crippen LogP contribution in [-0.4, -0.2) is 70.5 Å². The zero-order valence-corrected chi connectivity index (χ0v) is 20.1. The van der Waals surface area contributed by atoms with Crippen molar-refractivity contribution in [1.29, 1.82) is 0 Å². The van der Waals surface area contributed by atoms with Gasteiger partial charge in [0.25, 0.3) is 11.8 Å². The second-order valence-electron chi connectivity index (χ2n) is 7.64.